The molecule has 0 amide bonds. The van der Waals surface area contributed by atoms with Crippen molar-refractivity contribution >= 4 is 0 Å². The van der Waals surface area contributed by atoms with Gasteiger partial charge in [0.2, 0.25) is 0 Å². The largest absolute Gasteiger partial charge is 0.416 e. The predicted molar refractivity (Wildman–Crippen MR) is 50.1 cm³/mol. The van der Waals surface area contributed by atoms with Crippen LogP contribution in [0.15, 0.2) is 24.3 Å². The molecule has 0 heterocycles. The number of hydrogen-bond donors (Lipinski definition) is 2. The fourth-order valence-electron chi connectivity index (χ4n) is 1.31. The van der Waals surface area contributed by atoms with Crippen LogP contribution in [0, 0.1) is 0 Å². The Morgan fingerprint density at radius 3 is 2.07 bits per heavy atom. The van der Waals surface area contributed by atoms with Gasteiger partial charge in [0.05, 0.1) is 17.7 Å². The molecule has 0 saturated heterocycles. The van der Waals surface area contributed by atoms with Crippen molar-refractivity contribution in [1.29, 1.82) is 0 Å². The Morgan fingerprint density at radius 2 is 1.67 bits per heavy atom. The number of halogens is 3. The van der Waals surface area contributed by atoms with E-state index in [2.05, 4.69) is 0 Å². The van der Waals surface area contributed by atoms with Crippen LogP contribution in [0.3, 0.4) is 0 Å². The topological polar surface area (TPSA) is 46.2 Å². The number of alkyl halides is 3. The molecule has 0 aliphatic heterocycles. The normalized spacial score (nSPS) is 16.1. The fourth-order valence-corrected chi connectivity index (χ4v) is 1.31. The number of nitrogens with two attached hydrogens (primary N) is 1. The molecule has 0 aromatic heterocycles. The quantitative estimate of drug-likeness (QED) is 0.797. The van der Waals surface area contributed by atoms with E-state index in [0.717, 1.165) is 6.07 Å². The lowest BCUT2D eigenvalue weighted by atomic mass is 9.89. The summed E-state index contributed by atoms with van der Waals surface area (Å²) in [5.41, 5.74) is 3.30. The summed E-state index contributed by atoms with van der Waals surface area (Å²) in [7, 11) is 0. The Labute approximate surface area is 85.5 Å². The van der Waals surface area contributed by atoms with Gasteiger partial charge in [-0.15, -0.1) is 0 Å². The standard InChI is InChI=1S/C10H12F3NO/c1-9(14,6-15)7-4-2-3-5-8(7)10(11,12)13/h2-5,15H,6,14H2,1H3. The van der Waals surface area contributed by atoms with Crippen LogP contribution in [0.2, 0.25) is 0 Å². The van der Waals surface area contributed by atoms with Gasteiger partial charge >= 0.3 is 6.18 Å². The summed E-state index contributed by atoms with van der Waals surface area (Å²) in [6, 6.07) is 4.99. The molecule has 5 heteroatoms. The molecule has 0 fully saturated rings. The van der Waals surface area contributed by atoms with Crippen molar-refractivity contribution in [3.8, 4) is 0 Å². The lowest BCUT2D eigenvalue weighted by molar-refractivity contribution is -0.138. The average Bonchev–Trinajstić information content (AvgIpc) is 2.16. The molecule has 0 spiro atoms. The van der Waals surface area contributed by atoms with Gasteiger partial charge < -0.3 is 10.8 Å². The third-order valence-electron chi connectivity index (χ3n) is 2.18. The minimum absolute atomic E-state index is 0.0972. The van der Waals surface area contributed by atoms with Crippen LogP contribution in [0.5, 0.6) is 0 Å². The molecule has 1 unspecified atom stereocenters. The highest BCUT2D eigenvalue weighted by molar-refractivity contribution is 5.35. The zero-order valence-corrected chi connectivity index (χ0v) is 8.17. The average molecular weight is 219 g/mol. The summed E-state index contributed by atoms with van der Waals surface area (Å²) < 4.78 is 37.7. The highest BCUT2D eigenvalue weighted by Crippen LogP contribution is 2.35. The van der Waals surface area contributed by atoms with Gasteiger partial charge in [-0.1, -0.05) is 18.2 Å². The van der Waals surface area contributed by atoms with Gasteiger partial charge in [-0.25, -0.2) is 0 Å². The van der Waals surface area contributed by atoms with Crippen LogP contribution in [0.1, 0.15) is 18.1 Å². The van der Waals surface area contributed by atoms with Crippen LogP contribution in [-0.4, -0.2) is 11.7 Å². The second kappa shape index (κ2) is 3.83. The number of aliphatic hydroxyl groups is 1. The van der Waals surface area contributed by atoms with Crippen LogP contribution in [0.25, 0.3) is 0 Å². The summed E-state index contributed by atoms with van der Waals surface area (Å²) in [5, 5.41) is 8.95. The molecule has 3 N–H and O–H groups in total. The van der Waals surface area contributed by atoms with Crippen LogP contribution < -0.4 is 5.73 Å². The number of benzene rings is 1. The maximum atomic E-state index is 12.6. The third-order valence-corrected chi connectivity index (χ3v) is 2.18. The molecule has 1 aromatic rings. The first-order valence-corrected chi connectivity index (χ1v) is 4.35. The summed E-state index contributed by atoms with van der Waals surface area (Å²) in [5.74, 6) is 0. The molecule has 1 atom stereocenters. The molecule has 15 heavy (non-hydrogen) atoms. The van der Waals surface area contributed by atoms with Gasteiger partial charge in [-0.05, 0) is 18.6 Å². The molecule has 1 aromatic carbocycles. The Morgan fingerprint density at radius 1 is 1.20 bits per heavy atom. The highest BCUT2D eigenvalue weighted by atomic mass is 19.4. The molecule has 0 aliphatic carbocycles. The summed E-state index contributed by atoms with van der Waals surface area (Å²) in [6.45, 7) is 0.817. The van der Waals surface area contributed by atoms with Crippen molar-refractivity contribution in [2.45, 2.75) is 18.6 Å². The van der Waals surface area contributed by atoms with Crippen LogP contribution in [0.4, 0.5) is 13.2 Å². The van der Waals surface area contributed by atoms with Gasteiger partial charge in [0.15, 0.2) is 0 Å². The van der Waals surface area contributed by atoms with Gasteiger partial charge in [-0.2, -0.15) is 13.2 Å². The van der Waals surface area contributed by atoms with Crippen LogP contribution >= 0.6 is 0 Å². The Balaban J connectivity index is 3.31. The predicted octanol–water partition coefficient (Wildman–Crippen LogP) is 1.87. The van der Waals surface area contributed by atoms with E-state index in [0.29, 0.717) is 0 Å². The van der Waals surface area contributed by atoms with Crippen molar-refractivity contribution in [2.75, 3.05) is 6.61 Å². The second-order valence-electron chi connectivity index (χ2n) is 3.62. The molecular formula is C10H12F3NO. The van der Waals surface area contributed by atoms with Crippen molar-refractivity contribution in [3.05, 3.63) is 35.4 Å². The zero-order chi connectivity index (χ0) is 11.7. The number of aliphatic hydroxyl groups excluding tert-OH is 1. The van der Waals surface area contributed by atoms with E-state index in [1.165, 1.54) is 25.1 Å². The fraction of sp³-hybridized carbons (Fsp3) is 0.400. The molecule has 84 valence electrons. The molecule has 0 bridgehead atoms. The second-order valence-corrected chi connectivity index (χ2v) is 3.62. The monoisotopic (exact) mass is 219 g/mol. The minimum Gasteiger partial charge on any atom is -0.394 e. The lowest BCUT2D eigenvalue weighted by Crippen LogP contribution is -2.38. The number of rotatable bonds is 2. The third kappa shape index (κ3) is 2.49. The van der Waals surface area contributed by atoms with Crippen molar-refractivity contribution < 1.29 is 18.3 Å². The highest BCUT2D eigenvalue weighted by Gasteiger charge is 2.37. The van der Waals surface area contributed by atoms with Gasteiger partial charge in [-0.3, -0.25) is 0 Å². The van der Waals surface area contributed by atoms with E-state index in [9.17, 15) is 13.2 Å². The maximum Gasteiger partial charge on any atom is 0.416 e. The Kier molecular flexibility index (Phi) is 3.06. The van der Waals surface area contributed by atoms with E-state index in [1.54, 1.807) is 0 Å². The first-order chi connectivity index (χ1) is 6.79. The summed E-state index contributed by atoms with van der Waals surface area (Å²) in [6.07, 6.45) is -4.45. The van der Waals surface area contributed by atoms with E-state index in [-0.39, 0.29) is 5.56 Å². The molecule has 1 rings (SSSR count). The van der Waals surface area contributed by atoms with E-state index >= 15 is 0 Å². The molecular weight excluding hydrogens is 207 g/mol. The van der Waals surface area contributed by atoms with E-state index < -0.39 is 23.9 Å². The molecule has 0 aliphatic rings. The van der Waals surface area contributed by atoms with E-state index in [4.69, 9.17) is 10.8 Å². The number of hydrogen-bond acceptors (Lipinski definition) is 2. The first kappa shape index (κ1) is 12.0. The molecule has 0 saturated carbocycles. The van der Waals surface area contributed by atoms with Crippen molar-refractivity contribution in [3.63, 3.8) is 0 Å². The minimum atomic E-state index is -4.45. The summed E-state index contributed by atoms with van der Waals surface area (Å²) >= 11 is 0. The molecule has 2 nitrogen and oxygen atoms in total. The van der Waals surface area contributed by atoms with Gasteiger partial charge in [0, 0.05) is 0 Å². The van der Waals surface area contributed by atoms with Crippen molar-refractivity contribution in [1.82, 2.24) is 0 Å². The summed E-state index contributed by atoms with van der Waals surface area (Å²) in [4.78, 5) is 0. The molecule has 0 radical (unpaired) electrons. The Hall–Kier alpha value is -1.07. The SMILES string of the molecule is CC(N)(CO)c1ccccc1C(F)(F)F. The maximum absolute atomic E-state index is 12.6. The Bertz CT molecular complexity index is 347. The van der Waals surface area contributed by atoms with Gasteiger partial charge in [0.1, 0.15) is 0 Å². The van der Waals surface area contributed by atoms with Crippen LogP contribution in [-0.2, 0) is 11.7 Å². The van der Waals surface area contributed by atoms with Gasteiger partial charge in [0.25, 0.3) is 0 Å². The smallest absolute Gasteiger partial charge is 0.394 e. The first-order valence-electron chi connectivity index (χ1n) is 4.35. The van der Waals surface area contributed by atoms with E-state index in [1.807, 2.05) is 0 Å². The lowest BCUT2D eigenvalue weighted by Gasteiger charge is -2.26. The van der Waals surface area contributed by atoms with Crippen molar-refractivity contribution in [2.24, 2.45) is 5.73 Å². The zero-order valence-electron chi connectivity index (χ0n) is 8.17.